The predicted molar refractivity (Wildman–Crippen MR) is 131 cm³/mol. The smallest absolute Gasteiger partial charge is 0.338 e. The van der Waals surface area contributed by atoms with E-state index in [0.29, 0.717) is 34.9 Å². The minimum atomic E-state index is -3.75. The normalized spacial score (nSPS) is 19.0. The van der Waals surface area contributed by atoms with Crippen LogP contribution in [0.3, 0.4) is 0 Å². The molecule has 1 N–H and O–H groups in total. The fraction of sp³-hybridized carbons (Fsp3) is 0.458. The Morgan fingerprint density at radius 3 is 2.86 bits per heavy atom. The van der Waals surface area contributed by atoms with E-state index in [1.54, 1.807) is 13.0 Å². The van der Waals surface area contributed by atoms with Gasteiger partial charge in [0.05, 0.1) is 29.1 Å². The number of benzene rings is 1. The van der Waals surface area contributed by atoms with Crippen molar-refractivity contribution in [1.29, 1.82) is 0 Å². The van der Waals surface area contributed by atoms with Crippen molar-refractivity contribution in [3.8, 4) is 0 Å². The lowest BCUT2D eigenvalue weighted by molar-refractivity contribution is 0.0461. The first-order chi connectivity index (χ1) is 16.7. The Labute approximate surface area is 207 Å². The monoisotopic (exact) mass is 517 g/mol. The van der Waals surface area contributed by atoms with Crippen LogP contribution in [-0.4, -0.2) is 55.0 Å². The molecule has 35 heavy (non-hydrogen) atoms. The number of aromatic amines is 1. The number of carbonyl (C=O) groups excluding carboxylic acids is 1. The molecule has 2 aromatic heterocycles. The molecular weight excluding hydrogens is 490 g/mol. The van der Waals surface area contributed by atoms with Crippen molar-refractivity contribution in [2.24, 2.45) is 5.92 Å². The maximum Gasteiger partial charge on any atom is 0.338 e. The highest BCUT2D eigenvalue weighted by Crippen LogP contribution is 2.35. The summed E-state index contributed by atoms with van der Waals surface area (Å²) in [4.78, 5) is 34.8. The Morgan fingerprint density at radius 1 is 1.31 bits per heavy atom. The van der Waals surface area contributed by atoms with Crippen molar-refractivity contribution >= 4 is 37.5 Å². The summed E-state index contributed by atoms with van der Waals surface area (Å²) in [5.74, 6) is 0.168. The molecule has 11 heteroatoms. The lowest BCUT2D eigenvalue weighted by atomic mass is 9.89. The molecule has 1 saturated heterocycles. The third-order valence-corrected chi connectivity index (χ3v) is 9.63. The van der Waals surface area contributed by atoms with Crippen LogP contribution in [0.4, 0.5) is 0 Å². The van der Waals surface area contributed by atoms with Crippen molar-refractivity contribution < 1.29 is 22.7 Å². The molecule has 1 fully saturated rings. The zero-order valence-corrected chi connectivity index (χ0v) is 21.3. The highest BCUT2D eigenvalue weighted by molar-refractivity contribution is 7.89. The van der Waals surface area contributed by atoms with Crippen LogP contribution < -0.4 is 5.56 Å². The van der Waals surface area contributed by atoms with Crippen molar-refractivity contribution in [2.45, 2.75) is 44.6 Å². The Bertz CT molecular complexity index is 1450. The van der Waals surface area contributed by atoms with Crippen LogP contribution in [0.5, 0.6) is 0 Å². The third-order valence-electron chi connectivity index (χ3n) is 6.59. The minimum Gasteiger partial charge on any atom is -0.454 e. The molecule has 0 radical (unpaired) electrons. The van der Waals surface area contributed by atoms with Gasteiger partial charge in [-0.25, -0.2) is 18.2 Å². The van der Waals surface area contributed by atoms with Crippen LogP contribution in [0.15, 0.2) is 27.9 Å². The van der Waals surface area contributed by atoms with Gasteiger partial charge in [-0.15, -0.1) is 11.3 Å². The lowest BCUT2D eigenvalue weighted by Gasteiger charge is -2.26. The number of aryl methyl sites for hydroxylation is 2. The summed E-state index contributed by atoms with van der Waals surface area (Å²) in [6.07, 6.45) is 2.87. The van der Waals surface area contributed by atoms with Crippen LogP contribution in [-0.2, 0) is 38.9 Å². The molecule has 0 saturated carbocycles. The number of nitrogens with zero attached hydrogens (tertiary/aromatic N) is 2. The van der Waals surface area contributed by atoms with E-state index in [2.05, 4.69) is 16.9 Å². The van der Waals surface area contributed by atoms with Gasteiger partial charge < -0.3 is 14.5 Å². The molecule has 3 aromatic rings. The topological polar surface area (TPSA) is 119 Å². The fourth-order valence-electron chi connectivity index (χ4n) is 4.59. The van der Waals surface area contributed by atoms with E-state index in [9.17, 15) is 18.0 Å². The lowest BCUT2D eigenvalue weighted by Crippen LogP contribution is -2.40. The number of thiophene rings is 1. The first-order valence-corrected chi connectivity index (χ1v) is 13.9. The minimum absolute atomic E-state index is 0.0308. The Kier molecular flexibility index (Phi) is 6.51. The van der Waals surface area contributed by atoms with Gasteiger partial charge in [0.15, 0.2) is 0 Å². The van der Waals surface area contributed by atoms with Gasteiger partial charge >= 0.3 is 5.97 Å². The zero-order chi connectivity index (χ0) is 24.7. The predicted octanol–water partition coefficient (Wildman–Crippen LogP) is 2.80. The quantitative estimate of drug-likeness (QED) is 0.517. The van der Waals surface area contributed by atoms with Gasteiger partial charge in [-0.3, -0.25) is 4.79 Å². The summed E-state index contributed by atoms with van der Waals surface area (Å²) < 4.78 is 38.0. The number of nitrogens with one attached hydrogen (secondary N) is 1. The summed E-state index contributed by atoms with van der Waals surface area (Å²) in [6.45, 7) is 4.90. The summed E-state index contributed by atoms with van der Waals surface area (Å²) in [5, 5.41) is 0.642. The first kappa shape index (κ1) is 24.1. The summed E-state index contributed by atoms with van der Waals surface area (Å²) in [7, 11) is -3.75. The molecule has 9 nitrogen and oxygen atoms in total. The highest BCUT2D eigenvalue weighted by Gasteiger charge is 2.28. The van der Waals surface area contributed by atoms with E-state index in [1.165, 1.54) is 32.7 Å². The number of hydrogen-bond acceptors (Lipinski definition) is 8. The van der Waals surface area contributed by atoms with Crippen molar-refractivity contribution in [3.05, 3.63) is 55.9 Å². The number of hydrogen-bond donors (Lipinski definition) is 1. The zero-order valence-electron chi connectivity index (χ0n) is 19.6. The summed E-state index contributed by atoms with van der Waals surface area (Å²) in [5.41, 5.74) is 1.62. The number of carbonyl (C=O) groups is 1. The van der Waals surface area contributed by atoms with Gasteiger partial charge in [0.1, 0.15) is 17.3 Å². The third kappa shape index (κ3) is 4.65. The van der Waals surface area contributed by atoms with E-state index in [1.807, 2.05) is 0 Å². The average molecular weight is 518 g/mol. The van der Waals surface area contributed by atoms with Gasteiger partial charge in [-0.05, 0) is 55.4 Å². The second-order valence-electron chi connectivity index (χ2n) is 9.11. The number of esters is 1. The molecule has 3 heterocycles. The van der Waals surface area contributed by atoms with Crippen LogP contribution in [0.2, 0.25) is 0 Å². The standard InChI is InChI=1S/C24H27N3O6S2/c1-14-3-6-17-19(11-14)34-23-21(17)22(28)25-20(26-23)13-33-24(29)18-12-16(5-4-15(18)2)35(30,31)27-7-9-32-10-8-27/h4-5,12,14H,3,6-11,13H2,1-2H3,(H,25,26,28)/t14-/m0/s1. The number of H-pyrrole nitrogens is 1. The van der Waals surface area contributed by atoms with Gasteiger partial charge in [0, 0.05) is 18.0 Å². The molecule has 1 aliphatic heterocycles. The van der Waals surface area contributed by atoms with Crippen molar-refractivity contribution in [3.63, 3.8) is 0 Å². The molecular formula is C24H27N3O6S2. The van der Waals surface area contributed by atoms with Crippen LogP contribution in [0, 0.1) is 12.8 Å². The van der Waals surface area contributed by atoms with Crippen molar-refractivity contribution in [2.75, 3.05) is 26.3 Å². The fourth-order valence-corrected chi connectivity index (χ4v) is 7.43. The van der Waals surface area contributed by atoms with E-state index in [4.69, 9.17) is 9.47 Å². The van der Waals surface area contributed by atoms with Crippen molar-refractivity contribution in [1.82, 2.24) is 14.3 Å². The van der Waals surface area contributed by atoms with Gasteiger partial charge in [-0.1, -0.05) is 13.0 Å². The van der Waals surface area contributed by atoms with E-state index < -0.39 is 16.0 Å². The van der Waals surface area contributed by atoms with Gasteiger partial charge in [0.25, 0.3) is 5.56 Å². The Balaban J connectivity index is 1.36. The summed E-state index contributed by atoms with van der Waals surface area (Å²) in [6, 6.07) is 4.42. The number of morpholine rings is 1. The summed E-state index contributed by atoms with van der Waals surface area (Å²) >= 11 is 1.53. The number of sulfonamides is 1. The van der Waals surface area contributed by atoms with Gasteiger partial charge in [0.2, 0.25) is 10.0 Å². The molecule has 0 amide bonds. The SMILES string of the molecule is Cc1ccc(S(=O)(=O)N2CCOCC2)cc1C(=O)OCc1nc2sc3c(c2c(=O)[nH]1)CC[C@H](C)C3. The van der Waals surface area contributed by atoms with Crippen LogP contribution in [0.25, 0.3) is 10.2 Å². The van der Waals surface area contributed by atoms with E-state index in [0.717, 1.165) is 24.8 Å². The highest BCUT2D eigenvalue weighted by atomic mass is 32.2. The number of fused-ring (bicyclic) bond motifs is 3. The molecule has 1 atom stereocenters. The first-order valence-electron chi connectivity index (χ1n) is 11.6. The molecule has 0 spiro atoms. The Hall–Kier alpha value is -2.60. The van der Waals surface area contributed by atoms with Crippen LogP contribution in [0.1, 0.15) is 45.5 Å². The molecule has 5 rings (SSSR count). The van der Waals surface area contributed by atoms with E-state index in [-0.39, 0.29) is 41.5 Å². The Morgan fingerprint density at radius 2 is 2.09 bits per heavy atom. The molecule has 1 aliphatic carbocycles. The average Bonchev–Trinajstić information content (AvgIpc) is 3.21. The maximum atomic E-state index is 13.0. The van der Waals surface area contributed by atoms with E-state index >= 15 is 0 Å². The van der Waals surface area contributed by atoms with Crippen LogP contribution >= 0.6 is 11.3 Å². The second-order valence-corrected chi connectivity index (χ2v) is 12.1. The maximum absolute atomic E-state index is 13.0. The van der Waals surface area contributed by atoms with Gasteiger partial charge in [-0.2, -0.15) is 4.31 Å². The largest absolute Gasteiger partial charge is 0.454 e. The molecule has 186 valence electrons. The molecule has 0 bridgehead atoms. The molecule has 1 aromatic carbocycles. The molecule has 2 aliphatic rings. The number of aromatic nitrogens is 2. The molecule has 0 unspecified atom stereocenters. The number of rotatable bonds is 5. The second kappa shape index (κ2) is 9.45. The number of ether oxygens (including phenoxy) is 2.